The highest BCUT2D eigenvalue weighted by molar-refractivity contribution is 5.66. The van der Waals surface area contributed by atoms with E-state index in [0.717, 1.165) is 45.1 Å². The third-order valence-electron chi connectivity index (χ3n) is 5.02. The molecule has 2 heterocycles. The van der Waals surface area contributed by atoms with Gasteiger partial charge in [-0.1, -0.05) is 36.4 Å². The van der Waals surface area contributed by atoms with Crippen molar-refractivity contribution in [1.82, 2.24) is 4.90 Å². The summed E-state index contributed by atoms with van der Waals surface area (Å²) in [5.74, 6) is 1.05. The van der Waals surface area contributed by atoms with Crippen molar-refractivity contribution in [2.24, 2.45) is 0 Å². The van der Waals surface area contributed by atoms with Crippen LogP contribution >= 0.6 is 0 Å². The number of hydrogen-bond donors (Lipinski definition) is 0. The van der Waals surface area contributed by atoms with Crippen molar-refractivity contribution in [1.29, 1.82) is 0 Å². The van der Waals surface area contributed by atoms with Crippen LogP contribution in [0.1, 0.15) is 24.1 Å². The summed E-state index contributed by atoms with van der Waals surface area (Å²) in [4.78, 5) is 2.49. The van der Waals surface area contributed by atoms with E-state index in [4.69, 9.17) is 9.47 Å². The first kappa shape index (κ1) is 14.7. The Balaban J connectivity index is 1.53. The van der Waals surface area contributed by atoms with Crippen molar-refractivity contribution in [3.05, 3.63) is 53.6 Å². The largest absolute Gasteiger partial charge is 0.493 e. The molecule has 0 unspecified atom stereocenters. The molecule has 2 aliphatic rings. The summed E-state index contributed by atoms with van der Waals surface area (Å²) in [6.07, 6.45) is 1.03. The van der Waals surface area contributed by atoms with Crippen molar-refractivity contribution < 1.29 is 9.47 Å². The van der Waals surface area contributed by atoms with Gasteiger partial charge in [-0.15, -0.1) is 0 Å². The van der Waals surface area contributed by atoms with E-state index in [-0.39, 0.29) is 0 Å². The number of hydrogen-bond acceptors (Lipinski definition) is 3. The average molecular weight is 309 g/mol. The standard InChI is InChI=1S/C20H23NO2/c1-15(21-9-12-22-13-10-21)16-2-4-17(5-3-16)19-7-6-18-8-11-23-20(18)14-19/h2-7,14-15H,8-13H2,1H3/t15-/m0/s1. The number of rotatable bonds is 3. The van der Waals surface area contributed by atoms with Gasteiger partial charge in [-0.25, -0.2) is 0 Å². The molecule has 0 radical (unpaired) electrons. The normalized spacial score (nSPS) is 19.2. The highest BCUT2D eigenvalue weighted by Gasteiger charge is 2.18. The summed E-state index contributed by atoms with van der Waals surface area (Å²) in [6, 6.07) is 16.0. The van der Waals surface area contributed by atoms with Crippen LogP contribution in [-0.2, 0) is 11.2 Å². The van der Waals surface area contributed by atoms with Gasteiger partial charge in [-0.3, -0.25) is 4.90 Å². The third-order valence-corrected chi connectivity index (χ3v) is 5.02. The molecule has 0 N–H and O–H groups in total. The molecule has 4 rings (SSSR count). The monoisotopic (exact) mass is 309 g/mol. The molecule has 23 heavy (non-hydrogen) atoms. The van der Waals surface area contributed by atoms with Gasteiger partial charge in [0.05, 0.1) is 19.8 Å². The lowest BCUT2D eigenvalue weighted by atomic mass is 9.99. The molecule has 0 bridgehead atoms. The molecule has 0 aliphatic carbocycles. The Morgan fingerprint density at radius 3 is 2.43 bits per heavy atom. The van der Waals surface area contributed by atoms with Crippen LogP contribution in [0.4, 0.5) is 0 Å². The predicted molar refractivity (Wildman–Crippen MR) is 91.9 cm³/mol. The number of benzene rings is 2. The lowest BCUT2D eigenvalue weighted by molar-refractivity contribution is 0.0198. The molecule has 2 aromatic rings. The predicted octanol–water partition coefficient (Wildman–Crippen LogP) is 3.68. The van der Waals surface area contributed by atoms with Crippen molar-refractivity contribution in [3.8, 4) is 16.9 Å². The molecule has 1 fully saturated rings. The summed E-state index contributed by atoms with van der Waals surface area (Å²) < 4.78 is 11.1. The zero-order valence-corrected chi connectivity index (χ0v) is 13.6. The lowest BCUT2D eigenvalue weighted by Gasteiger charge is -2.32. The minimum Gasteiger partial charge on any atom is -0.493 e. The van der Waals surface area contributed by atoms with Crippen molar-refractivity contribution in [2.75, 3.05) is 32.9 Å². The second-order valence-corrected chi connectivity index (χ2v) is 6.37. The Bertz CT molecular complexity index is 675. The fourth-order valence-electron chi connectivity index (χ4n) is 3.48. The highest BCUT2D eigenvalue weighted by Crippen LogP contribution is 2.32. The molecular formula is C20H23NO2. The highest BCUT2D eigenvalue weighted by atomic mass is 16.5. The number of fused-ring (bicyclic) bond motifs is 1. The number of nitrogens with zero attached hydrogens (tertiary/aromatic N) is 1. The van der Waals surface area contributed by atoms with E-state index in [9.17, 15) is 0 Å². The molecule has 2 aromatic carbocycles. The second-order valence-electron chi connectivity index (χ2n) is 6.37. The summed E-state index contributed by atoms with van der Waals surface area (Å²) in [6.45, 7) is 6.82. The van der Waals surface area contributed by atoms with Crippen LogP contribution in [-0.4, -0.2) is 37.8 Å². The van der Waals surface area contributed by atoms with Gasteiger partial charge in [-0.05, 0) is 35.2 Å². The van der Waals surface area contributed by atoms with Crippen LogP contribution in [0.3, 0.4) is 0 Å². The van der Waals surface area contributed by atoms with E-state index in [1.807, 2.05) is 0 Å². The molecule has 0 aromatic heterocycles. The maximum Gasteiger partial charge on any atom is 0.123 e. The van der Waals surface area contributed by atoms with Crippen molar-refractivity contribution in [3.63, 3.8) is 0 Å². The van der Waals surface area contributed by atoms with Gasteiger partial charge < -0.3 is 9.47 Å². The average Bonchev–Trinajstić information content (AvgIpc) is 3.10. The minimum absolute atomic E-state index is 0.441. The third kappa shape index (κ3) is 2.99. The molecule has 1 saturated heterocycles. The number of morpholine rings is 1. The zero-order chi connectivity index (χ0) is 15.6. The van der Waals surface area contributed by atoms with E-state index < -0.39 is 0 Å². The second kappa shape index (κ2) is 6.34. The molecule has 0 amide bonds. The van der Waals surface area contributed by atoms with Gasteiger partial charge in [0.2, 0.25) is 0 Å². The topological polar surface area (TPSA) is 21.7 Å². The molecular weight excluding hydrogens is 286 g/mol. The molecule has 0 spiro atoms. The van der Waals surface area contributed by atoms with Gasteiger partial charge in [0.25, 0.3) is 0 Å². The maximum absolute atomic E-state index is 5.68. The van der Waals surface area contributed by atoms with E-state index in [1.54, 1.807) is 0 Å². The molecule has 1 atom stereocenters. The molecule has 0 saturated carbocycles. The molecule has 2 aliphatic heterocycles. The summed E-state index contributed by atoms with van der Waals surface area (Å²) in [5.41, 5.74) is 5.18. The Morgan fingerprint density at radius 1 is 0.913 bits per heavy atom. The van der Waals surface area contributed by atoms with E-state index in [1.165, 1.54) is 22.3 Å². The first-order chi connectivity index (χ1) is 11.3. The Hall–Kier alpha value is -1.84. The molecule has 120 valence electrons. The van der Waals surface area contributed by atoms with Crippen molar-refractivity contribution in [2.45, 2.75) is 19.4 Å². The minimum atomic E-state index is 0.441. The first-order valence-corrected chi connectivity index (χ1v) is 8.49. The molecule has 3 heteroatoms. The number of ether oxygens (including phenoxy) is 2. The van der Waals surface area contributed by atoms with Gasteiger partial charge >= 0.3 is 0 Å². The Kier molecular flexibility index (Phi) is 4.06. The fourth-order valence-corrected chi connectivity index (χ4v) is 3.48. The van der Waals surface area contributed by atoms with Gasteiger partial charge in [0.15, 0.2) is 0 Å². The summed E-state index contributed by atoms with van der Waals surface area (Å²) in [7, 11) is 0. The Labute approximate surface area is 137 Å². The molecule has 3 nitrogen and oxygen atoms in total. The quantitative estimate of drug-likeness (QED) is 0.863. The van der Waals surface area contributed by atoms with Crippen LogP contribution in [0.25, 0.3) is 11.1 Å². The smallest absolute Gasteiger partial charge is 0.123 e. The van der Waals surface area contributed by atoms with Crippen molar-refractivity contribution >= 4 is 0 Å². The van der Waals surface area contributed by atoms with Gasteiger partial charge in [0, 0.05) is 25.6 Å². The van der Waals surface area contributed by atoms with E-state index >= 15 is 0 Å². The SMILES string of the molecule is C[C@@H](c1ccc(-c2ccc3c(c2)OCC3)cc1)N1CCOCC1. The first-order valence-electron chi connectivity index (χ1n) is 8.49. The van der Waals surface area contributed by atoms with E-state index in [2.05, 4.69) is 54.3 Å². The van der Waals surface area contributed by atoms with Crippen LogP contribution in [0, 0.1) is 0 Å². The summed E-state index contributed by atoms with van der Waals surface area (Å²) >= 11 is 0. The fraction of sp³-hybridized carbons (Fsp3) is 0.400. The maximum atomic E-state index is 5.68. The van der Waals surface area contributed by atoms with Crippen LogP contribution in [0.15, 0.2) is 42.5 Å². The van der Waals surface area contributed by atoms with Crippen LogP contribution in [0.5, 0.6) is 5.75 Å². The summed E-state index contributed by atoms with van der Waals surface area (Å²) in [5, 5.41) is 0. The van der Waals surface area contributed by atoms with Gasteiger partial charge in [-0.2, -0.15) is 0 Å². The van der Waals surface area contributed by atoms with Crippen LogP contribution in [0.2, 0.25) is 0 Å². The zero-order valence-electron chi connectivity index (χ0n) is 13.6. The van der Waals surface area contributed by atoms with E-state index in [0.29, 0.717) is 6.04 Å². The van der Waals surface area contributed by atoms with Crippen LogP contribution < -0.4 is 4.74 Å². The lowest BCUT2D eigenvalue weighted by Crippen LogP contribution is -2.37. The van der Waals surface area contributed by atoms with Gasteiger partial charge in [0.1, 0.15) is 5.75 Å². The Morgan fingerprint density at radius 2 is 1.65 bits per heavy atom.